The molecule has 3 heterocycles. The second-order valence-corrected chi connectivity index (χ2v) is 9.28. The highest BCUT2D eigenvalue weighted by atomic mass is 19.1. The number of imidazole rings is 1. The summed E-state index contributed by atoms with van der Waals surface area (Å²) in [6.45, 7) is 5.85. The first-order valence-electron chi connectivity index (χ1n) is 11.5. The van der Waals surface area contributed by atoms with E-state index in [2.05, 4.69) is 15.0 Å². The van der Waals surface area contributed by atoms with Gasteiger partial charge < -0.3 is 14.2 Å². The van der Waals surface area contributed by atoms with E-state index in [0.717, 1.165) is 25.7 Å². The van der Waals surface area contributed by atoms with Crippen molar-refractivity contribution in [3.05, 3.63) is 17.8 Å². The minimum Gasteiger partial charge on any atom is -0.463 e. The maximum absolute atomic E-state index is 16.1. The predicted molar refractivity (Wildman–Crippen MR) is 116 cm³/mol. The number of aromatic nitrogens is 4. The van der Waals surface area contributed by atoms with Crippen molar-refractivity contribution >= 4 is 23.1 Å². The number of rotatable bonds is 6. The molecule has 2 aromatic heterocycles. The molecular formula is C23H31FN4O5. The number of carbonyl (C=O) groups excluding carboxylic acids is 2. The van der Waals surface area contributed by atoms with E-state index < -0.39 is 30.1 Å². The largest absolute Gasteiger partial charge is 0.463 e. The van der Waals surface area contributed by atoms with Crippen molar-refractivity contribution in [2.24, 2.45) is 5.92 Å². The zero-order chi connectivity index (χ0) is 23.8. The molecule has 180 valence electrons. The van der Waals surface area contributed by atoms with Gasteiger partial charge in [0.2, 0.25) is 0 Å². The zero-order valence-electron chi connectivity index (χ0n) is 19.5. The molecule has 0 unspecified atom stereocenters. The molecule has 2 aliphatic rings. The summed E-state index contributed by atoms with van der Waals surface area (Å²) in [6.07, 6.45) is 3.86. The van der Waals surface area contributed by atoms with Crippen LogP contribution in [-0.2, 0) is 23.8 Å². The lowest BCUT2D eigenvalue weighted by Gasteiger charge is -2.27. The number of aryl methyl sites for hydroxylation is 2. The SMILES string of the molecule is CC(=O)O[C@@H]1[C@@H](COC(=O)CC2CCCCC2)O[C@@H](n2cnc3c(C)nc(C)nc32)[C@]1(C)F. The molecule has 2 fully saturated rings. The van der Waals surface area contributed by atoms with Crippen molar-refractivity contribution in [2.75, 3.05) is 6.61 Å². The van der Waals surface area contributed by atoms with Gasteiger partial charge in [-0.15, -0.1) is 0 Å². The summed E-state index contributed by atoms with van der Waals surface area (Å²) in [5, 5.41) is 0. The Labute approximate surface area is 192 Å². The first-order valence-corrected chi connectivity index (χ1v) is 11.5. The van der Waals surface area contributed by atoms with Crippen molar-refractivity contribution < 1.29 is 28.2 Å². The van der Waals surface area contributed by atoms with Crippen LogP contribution in [0.25, 0.3) is 11.2 Å². The molecule has 4 rings (SSSR count). The molecule has 4 atom stereocenters. The third-order valence-electron chi connectivity index (χ3n) is 6.52. The minimum atomic E-state index is -2.12. The fourth-order valence-electron chi connectivity index (χ4n) is 4.94. The second-order valence-electron chi connectivity index (χ2n) is 9.28. The van der Waals surface area contributed by atoms with Gasteiger partial charge in [0.15, 0.2) is 23.6 Å². The van der Waals surface area contributed by atoms with Gasteiger partial charge in [-0.2, -0.15) is 0 Å². The Hall–Kier alpha value is -2.62. The number of fused-ring (bicyclic) bond motifs is 1. The van der Waals surface area contributed by atoms with Crippen LogP contribution in [0.1, 0.15) is 70.1 Å². The van der Waals surface area contributed by atoms with E-state index in [4.69, 9.17) is 14.2 Å². The highest BCUT2D eigenvalue weighted by Gasteiger charge is 2.58. The Morgan fingerprint density at radius 2 is 1.97 bits per heavy atom. The van der Waals surface area contributed by atoms with Crippen LogP contribution in [0.5, 0.6) is 0 Å². The average Bonchev–Trinajstić information content (AvgIpc) is 3.26. The van der Waals surface area contributed by atoms with Crippen LogP contribution in [0.15, 0.2) is 6.33 Å². The average molecular weight is 463 g/mol. The second kappa shape index (κ2) is 9.32. The zero-order valence-corrected chi connectivity index (χ0v) is 19.5. The molecule has 0 bridgehead atoms. The quantitative estimate of drug-likeness (QED) is 0.601. The number of halogens is 1. The number of esters is 2. The van der Waals surface area contributed by atoms with Crippen LogP contribution in [0.3, 0.4) is 0 Å². The number of ether oxygens (including phenoxy) is 3. The van der Waals surface area contributed by atoms with Crippen molar-refractivity contribution in [1.29, 1.82) is 0 Å². The number of hydrogen-bond acceptors (Lipinski definition) is 8. The third kappa shape index (κ3) is 4.85. The number of nitrogens with zero attached hydrogens (tertiary/aromatic N) is 4. The van der Waals surface area contributed by atoms with Crippen LogP contribution in [0, 0.1) is 19.8 Å². The summed E-state index contributed by atoms with van der Waals surface area (Å²) in [5.74, 6) is -0.146. The summed E-state index contributed by atoms with van der Waals surface area (Å²) < 4.78 is 34.3. The molecule has 2 aromatic rings. The highest BCUT2D eigenvalue weighted by Crippen LogP contribution is 2.44. The lowest BCUT2D eigenvalue weighted by molar-refractivity contribution is -0.159. The first-order chi connectivity index (χ1) is 15.7. The van der Waals surface area contributed by atoms with Crippen molar-refractivity contribution in [1.82, 2.24) is 19.5 Å². The maximum atomic E-state index is 16.1. The normalized spacial score (nSPS) is 28.2. The smallest absolute Gasteiger partial charge is 0.306 e. The molecule has 9 nitrogen and oxygen atoms in total. The fraction of sp³-hybridized carbons (Fsp3) is 0.696. The van der Waals surface area contributed by atoms with Crippen LogP contribution in [0.4, 0.5) is 4.39 Å². The van der Waals surface area contributed by atoms with Gasteiger partial charge >= 0.3 is 11.9 Å². The van der Waals surface area contributed by atoms with E-state index in [9.17, 15) is 9.59 Å². The first kappa shape index (κ1) is 23.5. The van der Waals surface area contributed by atoms with Gasteiger partial charge in [0.1, 0.15) is 24.1 Å². The van der Waals surface area contributed by atoms with Crippen molar-refractivity contribution in [3.8, 4) is 0 Å². The summed E-state index contributed by atoms with van der Waals surface area (Å²) in [4.78, 5) is 37.2. The molecular weight excluding hydrogens is 431 g/mol. The molecule has 1 saturated heterocycles. The monoisotopic (exact) mass is 462 g/mol. The van der Waals surface area contributed by atoms with Gasteiger partial charge in [0.25, 0.3) is 0 Å². The molecule has 0 aromatic carbocycles. The molecule has 1 aliphatic heterocycles. The van der Waals surface area contributed by atoms with E-state index in [1.165, 1.54) is 31.2 Å². The van der Waals surface area contributed by atoms with E-state index in [0.29, 0.717) is 35.0 Å². The third-order valence-corrected chi connectivity index (χ3v) is 6.52. The Kier molecular flexibility index (Phi) is 6.65. The topological polar surface area (TPSA) is 105 Å². The molecule has 1 aliphatic carbocycles. The predicted octanol–water partition coefficient (Wildman–Crippen LogP) is 3.51. The molecule has 33 heavy (non-hydrogen) atoms. The van der Waals surface area contributed by atoms with Crippen molar-refractivity contribution in [3.63, 3.8) is 0 Å². The molecule has 0 amide bonds. The standard InChI is InChI=1S/C23H31FN4O5/c1-13-19-21(27-14(2)26-13)28(12-25-19)22-23(4,24)20(32-15(3)29)17(33-22)11-31-18(30)10-16-8-6-5-7-9-16/h12,16-17,20,22H,5-11H2,1-4H3/t17-,20-,22-,23-/m1/s1. The van der Waals surface area contributed by atoms with Crippen LogP contribution >= 0.6 is 0 Å². The number of carbonyl (C=O) groups is 2. The van der Waals surface area contributed by atoms with E-state index in [1.54, 1.807) is 13.8 Å². The molecule has 10 heteroatoms. The minimum absolute atomic E-state index is 0.209. The van der Waals surface area contributed by atoms with Gasteiger partial charge in [-0.1, -0.05) is 19.3 Å². The van der Waals surface area contributed by atoms with E-state index >= 15 is 4.39 Å². The van der Waals surface area contributed by atoms with Gasteiger partial charge in [0.05, 0.1) is 12.0 Å². The van der Waals surface area contributed by atoms with E-state index in [1.807, 2.05) is 0 Å². The van der Waals surface area contributed by atoms with E-state index in [-0.39, 0.29) is 12.6 Å². The Bertz CT molecular complexity index is 1030. The Morgan fingerprint density at radius 1 is 1.24 bits per heavy atom. The van der Waals surface area contributed by atoms with Crippen LogP contribution in [-0.4, -0.2) is 55.9 Å². The lowest BCUT2D eigenvalue weighted by Crippen LogP contribution is -2.44. The van der Waals surface area contributed by atoms with Gasteiger partial charge in [0, 0.05) is 13.3 Å². The molecule has 0 N–H and O–H groups in total. The van der Waals surface area contributed by atoms with Crippen molar-refractivity contribution in [2.45, 2.75) is 90.3 Å². The van der Waals surface area contributed by atoms with Gasteiger partial charge in [-0.3, -0.25) is 14.2 Å². The Morgan fingerprint density at radius 3 is 2.67 bits per heavy atom. The molecule has 1 saturated carbocycles. The summed E-state index contributed by atoms with van der Waals surface area (Å²) in [6, 6.07) is 0. The molecule has 0 spiro atoms. The summed E-state index contributed by atoms with van der Waals surface area (Å²) >= 11 is 0. The Balaban J connectivity index is 1.54. The number of hydrogen-bond donors (Lipinski definition) is 0. The maximum Gasteiger partial charge on any atom is 0.306 e. The summed E-state index contributed by atoms with van der Waals surface area (Å²) in [7, 11) is 0. The van der Waals surface area contributed by atoms with Crippen LogP contribution in [0.2, 0.25) is 0 Å². The fourth-order valence-corrected chi connectivity index (χ4v) is 4.94. The highest BCUT2D eigenvalue weighted by molar-refractivity contribution is 5.73. The summed E-state index contributed by atoms with van der Waals surface area (Å²) in [5.41, 5.74) is -0.497. The molecule has 0 radical (unpaired) electrons. The van der Waals surface area contributed by atoms with Crippen LogP contribution < -0.4 is 0 Å². The van der Waals surface area contributed by atoms with Gasteiger partial charge in [-0.05, 0) is 39.5 Å². The number of alkyl halides is 1. The van der Waals surface area contributed by atoms with Gasteiger partial charge in [-0.25, -0.2) is 19.3 Å². The lowest BCUT2D eigenvalue weighted by atomic mass is 9.87.